The zero-order chi connectivity index (χ0) is 18.0. The van der Waals surface area contributed by atoms with Crippen molar-refractivity contribution >= 4 is 17.5 Å². The third-order valence-electron chi connectivity index (χ3n) is 4.08. The van der Waals surface area contributed by atoms with Gasteiger partial charge in [-0.3, -0.25) is 14.8 Å². The van der Waals surface area contributed by atoms with E-state index in [1.54, 1.807) is 0 Å². The second kappa shape index (κ2) is 7.05. The molecule has 1 N–H and O–H groups in total. The van der Waals surface area contributed by atoms with Gasteiger partial charge in [0, 0.05) is 43.8 Å². The number of H-pyrrole nitrogens is 1. The van der Waals surface area contributed by atoms with Gasteiger partial charge in [0.1, 0.15) is 5.69 Å². The second-order valence-electron chi connectivity index (χ2n) is 5.86. The number of carbonyl (C=O) groups is 1. The Kier molecular flexibility index (Phi) is 5.01. The SMILES string of the molecule is O=C(c1cc(C(F)(F)F)[nH]n1)N1CCN(Cc2ccc(Cl)cc2)CC1. The summed E-state index contributed by atoms with van der Waals surface area (Å²) in [5.41, 5.74) is -0.109. The Morgan fingerprint density at radius 2 is 1.80 bits per heavy atom. The molecule has 1 aliphatic heterocycles. The maximum atomic E-state index is 12.6. The van der Waals surface area contributed by atoms with Gasteiger partial charge in [-0.2, -0.15) is 18.3 Å². The molecule has 0 saturated carbocycles. The zero-order valence-corrected chi connectivity index (χ0v) is 13.9. The number of aromatic amines is 1. The van der Waals surface area contributed by atoms with Crippen LogP contribution < -0.4 is 0 Å². The summed E-state index contributed by atoms with van der Waals surface area (Å²) in [7, 11) is 0. The van der Waals surface area contributed by atoms with E-state index >= 15 is 0 Å². The van der Waals surface area contributed by atoms with Crippen LogP contribution in [0.3, 0.4) is 0 Å². The Labute approximate surface area is 147 Å². The lowest BCUT2D eigenvalue weighted by atomic mass is 10.2. The van der Waals surface area contributed by atoms with Gasteiger partial charge in [-0.05, 0) is 17.7 Å². The minimum Gasteiger partial charge on any atom is -0.335 e. The van der Waals surface area contributed by atoms with Crippen LogP contribution in [0.4, 0.5) is 13.2 Å². The number of rotatable bonds is 3. The number of nitrogens with zero attached hydrogens (tertiary/aromatic N) is 3. The van der Waals surface area contributed by atoms with Crippen molar-refractivity contribution in [1.82, 2.24) is 20.0 Å². The van der Waals surface area contributed by atoms with Crippen LogP contribution in [0.15, 0.2) is 30.3 Å². The summed E-state index contributed by atoms with van der Waals surface area (Å²) in [6.07, 6.45) is -4.54. The zero-order valence-electron chi connectivity index (χ0n) is 13.2. The Bertz CT molecular complexity index is 737. The van der Waals surface area contributed by atoms with E-state index in [4.69, 9.17) is 11.6 Å². The average Bonchev–Trinajstić information content (AvgIpc) is 3.07. The van der Waals surface area contributed by atoms with Crippen LogP contribution in [0, 0.1) is 0 Å². The van der Waals surface area contributed by atoms with Crippen molar-refractivity contribution in [2.75, 3.05) is 26.2 Å². The molecule has 0 aliphatic carbocycles. The van der Waals surface area contributed by atoms with Crippen molar-refractivity contribution < 1.29 is 18.0 Å². The summed E-state index contributed by atoms with van der Waals surface area (Å²) in [5.74, 6) is -0.488. The first-order valence-electron chi connectivity index (χ1n) is 7.71. The van der Waals surface area contributed by atoms with Crippen molar-refractivity contribution in [3.63, 3.8) is 0 Å². The molecule has 0 bridgehead atoms. The number of piperazine rings is 1. The van der Waals surface area contributed by atoms with Gasteiger partial charge in [-0.1, -0.05) is 23.7 Å². The molecule has 2 aromatic rings. The molecule has 9 heteroatoms. The molecule has 1 aromatic heterocycles. The highest BCUT2D eigenvalue weighted by Gasteiger charge is 2.34. The highest BCUT2D eigenvalue weighted by atomic mass is 35.5. The third-order valence-corrected chi connectivity index (χ3v) is 4.33. The van der Waals surface area contributed by atoms with Crippen molar-refractivity contribution in [2.24, 2.45) is 0 Å². The van der Waals surface area contributed by atoms with E-state index in [-0.39, 0.29) is 5.69 Å². The predicted octanol–water partition coefficient (Wildman–Crippen LogP) is 3.04. The lowest BCUT2D eigenvalue weighted by molar-refractivity contribution is -0.141. The minimum absolute atomic E-state index is 0.210. The van der Waals surface area contributed by atoms with Crippen molar-refractivity contribution in [3.05, 3.63) is 52.3 Å². The molecule has 1 amide bonds. The molecule has 0 unspecified atom stereocenters. The first-order chi connectivity index (χ1) is 11.8. The van der Waals surface area contributed by atoms with Gasteiger partial charge in [0.05, 0.1) is 0 Å². The van der Waals surface area contributed by atoms with Crippen molar-refractivity contribution in [2.45, 2.75) is 12.7 Å². The number of halogens is 4. The third kappa shape index (κ3) is 4.32. The summed E-state index contributed by atoms with van der Waals surface area (Å²) in [4.78, 5) is 16.0. The van der Waals surface area contributed by atoms with Crippen LogP contribution in [0.5, 0.6) is 0 Å². The predicted molar refractivity (Wildman–Crippen MR) is 86.2 cm³/mol. The Morgan fingerprint density at radius 3 is 2.36 bits per heavy atom. The molecule has 1 saturated heterocycles. The molecule has 1 aromatic carbocycles. The molecule has 1 aliphatic rings. The van der Waals surface area contributed by atoms with E-state index in [0.717, 1.165) is 18.2 Å². The number of hydrogen-bond acceptors (Lipinski definition) is 3. The molecule has 0 radical (unpaired) electrons. The molecule has 134 valence electrons. The fourth-order valence-corrected chi connectivity index (χ4v) is 2.82. The first kappa shape index (κ1) is 17.8. The van der Waals surface area contributed by atoms with Gasteiger partial charge in [-0.15, -0.1) is 0 Å². The summed E-state index contributed by atoms with van der Waals surface area (Å²) in [6, 6.07) is 8.30. The largest absolute Gasteiger partial charge is 0.432 e. The Hall–Kier alpha value is -2.06. The Morgan fingerprint density at radius 1 is 1.16 bits per heavy atom. The highest BCUT2D eigenvalue weighted by Crippen LogP contribution is 2.28. The summed E-state index contributed by atoms with van der Waals surface area (Å²) < 4.78 is 37.7. The van der Waals surface area contributed by atoms with E-state index in [9.17, 15) is 18.0 Å². The normalized spacial score (nSPS) is 16.2. The summed E-state index contributed by atoms with van der Waals surface area (Å²) >= 11 is 5.86. The number of benzene rings is 1. The summed E-state index contributed by atoms with van der Waals surface area (Å²) in [6.45, 7) is 2.91. The van der Waals surface area contributed by atoms with E-state index in [0.29, 0.717) is 31.2 Å². The number of nitrogens with one attached hydrogen (secondary N) is 1. The molecule has 3 rings (SSSR count). The lowest BCUT2D eigenvalue weighted by Gasteiger charge is -2.34. The van der Waals surface area contributed by atoms with Gasteiger partial charge in [0.2, 0.25) is 0 Å². The van der Waals surface area contributed by atoms with Gasteiger partial charge in [-0.25, -0.2) is 0 Å². The quantitative estimate of drug-likeness (QED) is 0.901. The van der Waals surface area contributed by atoms with Crippen LogP contribution in [0.2, 0.25) is 5.02 Å². The molecule has 0 atom stereocenters. The number of hydrogen-bond donors (Lipinski definition) is 1. The fourth-order valence-electron chi connectivity index (χ4n) is 2.70. The molecule has 5 nitrogen and oxygen atoms in total. The van der Waals surface area contributed by atoms with Gasteiger partial charge >= 0.3 is 6.18 Å². The standard InChI is InChI=1S/C16H16ClF3N4O/c17-12-3-1-11(2-4-12)10-23-5-7-24(8-6-23)15(25)13-9-14(22-21-13)16(18,19)20/h1-4,9H,5-8,10H2,(H,21,22). The average molecular weight is 373 g/mol. The smallest absolute Gasteiger partial charge is 0.335 e. The van der Waals surface area contributed by atoms with Crippen molar-refractivity contribution in [1.29, 1.82) is 0 Å². The maximum Gasteiger partial charge on any atom is 0.432 e. The first-order valence-corrected chi connectivity index (χ1v) is 8.09. The van der Waals surface area contributed by atoms with Crippen LogP contribution in [-0.2, 0) is 12.7 Å². The lowest BCUT2D eigenvalue weighted by Crippen LogP contribution is -2.48. The van der Waals surface area contributed by atoms with E-state index < -0.39 is 17.8 Å². The van der Waals surface area contributed by atoms with E-state index in [1.165, 1.54) is 4.90 Å². The monoisotopic (exact) mass is 372 g/mol. The number of aromatic nitrogens is 2. The van der Waals surface area contributed by atoms with Crippen LogP contribution in [0.25, 0.3) is 0 Å². The number of amides is 1. The minimum atomic E-state index is -4.54. The molecule has 0 spiro atoms. The molecular weight excluding hydrogens is 357 g/mol. The van der Waals surface area contributed by atoms with Gasteiger partial charge < -0.3 is 4.90 Å². The molecule has 1 fully saturated rings. The second-order valence-corrected chi connectivity index (χ2v) is 6.30. The van der Waals surface area contributed by atoms with Gasteiger partial charge in [0.15, 0.2) is 5.69 Å². The topological polar surface area (TPSA) is 52.2 Å². The highest BCUT2D eigenvalue weighted by molar-refractivity contribution is 6.30. The maximum absolute atomic E-state index is 12.6. The van der Waals surface area contributed by atoms with E-state index in [2.05, 4.69) is 10.00 Å². The molecule has 2 heterocycles. The fraction of sp³-hybridized carbons (Fsp3) is 0.375. The van der Waals surface area contributed by atoms with Crippen LogP contribution >= 0.6 is 11.6 Å². The number of carbonyl (C=O) groups excluding carboxylic acids is 1. The Balaban J connectivity index is 1.55. The van der Waals surface area contributed by atoms with Crippen molar-refractivity contribution in [3.8, 4) is 0 Å². The summed E-state index contributed by atoms with van der Waals surface area (Å²) in [5, 5.41) is 6.04. The number of alkyl halides is 3. The van der Waals surface area contributed by atoms with Gasteiger partial charge in [0.25, 0.3) is 5.91 Å². The van der Waals surface area contributed by atoms with E-state index in [1.807, 2.05) is 29.4 Å². The van der Waals surface area contributed by atoms with Crippen LogP contribution in [0.1, 0.15) is 21.7 Å². The van der Waals surface area contributed by atoms with Crippen LogP contribution in [-0.4, -0.2) is 52.1 Å². The molecule has 25 heavy (non-hydrogen) atoms. The molecular formula is C16H16ClF3N4O.